The molecular weight excluding hydrogens is 302 g/mol. The van der Waals surface area contributed by atoms with Crippen molar-refractivity contribution in [2.45, 2.75) is 38.8 Å². The van der Waals surface area contributed by atoms with Gasteiger partial charge in [0.05, 0.1) is 6.10 Å². The number of nitrogens with one attached hydrogen (secondary N) is 2. The quantitative estimate of drug-likeness (QED) is 0.894. The number of rotatable bonds is 4. The van der Waals surface area contributed by atoms with Crippen molar-refractivity contribution in [2.75, 3.05) is 13.2 Å². The standard InChI is InChI=1S/C17H22F2N2O2/c1-17(2)14(11-7-9-23-15(11)17)21-16(22)20-8-6-10-4-3-5-12(18)13(10)19/h3-5,11,14-15H,6-9H2,1-2H3,(H2,20,21,22)/t11-,14-,15-/m1/s1. The van der Waals surface area contributed by atoms with Crippen molar-refractivity contribution in [3.63, 3.8) is 0 Å². The Morgan fingerprint density at radius 2 is 2.17 bits per heavy atom. The molecule has 3 rings (SSSR count). The Balaban J connectivity index is 1.48. The second-order valence-electron chi connectivity index (χ2n) is 6.91. The molecule has 2 amide bonds. The fraction of sp³-hybridized carbons (Fsp3) is 0.588. The monoisotopic (exact) mass is 324 g/mol. The van der Waals surface area contributed by atoms with E-state index in [9.17, 15) is 13.6 Å². The Morgan fingerprint density at radius 1 is 1.39 bits per heavy atom. The molecule has 4 nitrogen and oxygen atoms in total. The van der Waals surface area contributed by atoms with Gasteiger partial charge < -0.3 is 15.4 Å². The SMILES string of the molecule is CC1(C)[C@H](NC(=O)NCCc2cccc(F)c2F)[C@H]2CCO[C@H]21. The molecule has 1 aromatic rings. The van der Waals surface area contributed by atoms with Gasteiger partial charge in [-0.15, -0.1) is 0 Å². The van der Waals surface area contributed by atoms with E-state index in [1.165, 1.54) is 12.1 Å². The zero-order chi connectivity index (χ0) is 16.6. The fourth-order valence-corrected chi connectivity index (χ4v) is 3.86. The van der Waals surface area contributed by atoms with Crippen LogP contribution in [0.5, 0.6) is 0 Å². The Hall–Kier alpha value is -1.69. The molecule has 126 valence electrons. The van der Waals surface area contributed by atoms with Gasteiger partial charge in [0.25, 0.3) is 0 Å². The molecule has 1 saturated heterocycles. The predicted molar refractivity (Wildman–Crippen MR) is 82.0 cm³/mol. The van der Waals surface area contributed by atoms with E-state index in [1.54, 1.807) is 0 Å². The van der Waals surface area contributed by atoms with Crippen LogP contribution in [0.15, 0.2) is 18.2 Å². The van der Waals surface area contributed by atoms with Crippen LogP contribution in [0.2, 0.25) is 0 Å². The molecule has 2 aliphatic rings. The molecule has 1 aromatic carbocycles. The first-order valence-corrected chi connectivity index (χ1v) is 8.00. The lowest BCUT2D eigenvalue weighted by Gasteiger charge is -2.54. The van der Waals surface area contributed by atoms with E-state index in [0.29, 0.717) is 5.92 Å². The zero-order valence-electron chi connectivity index (χ0n) is 13.4. The first-order chi connectivity index (χ1) is 10.9. The van der Waals surface area contributed by atoms with Crippen molar-refractivity contribution in [1.82, 2.24) is 10.6 Å². The highest BCUT2D eigenvalue weighted by Crippen LogP contribution is 2.51. The summed E-state index contributed by atoms with van der Waals surface area (Å²) in [6.45, 7) is 5.18. The fourth-order valence-electron chi connectivity index (χ4n) is 3.86. The number of benzene rings is 1. The van der Waals surface area contributed by atoms with Crippen LogP contribution in [0.3, 0.4) is 0 Å². The van der Waals surface area contributed by atoms with E-state index in [2.05, 4.69) is 24.5 Å². The van der Waals surface area contributed by atoms with Gasteiger partial charge in [-0.25, -0.2) is 13.6 Å². The van der Waals surface area contributed by atoms with Gasteiger partial charge >= 0.3 is 6.03 Å². The smallest absolute Gasteiger partial charge is 0.315 e. The van der Waals surface area contributed by atoms with Crippen LogP contribution in [-0.4, -0.2) is 31.3 Å². The number of carbonyl (C=O) groups is 1. The van der Waals surface area contributed by atoms with E-state index in [0.717, 1.165) is 19.1 Å². The van der Waals surface area contributed by atoms with Gasteiger partial charge in [-0.3, -0.25) is 0 Å². The number of hydrogen-bond acceptors (Lipinski definition) is 2. The van der Waals surface area contributed by atoms with Gasteiger partial charge in [-0.05, 0) is 24.5 Å². The molecule has 0 unspecified atom stereocenters. The molecule has 3 atom stereocenters. The highest BCUT2D eigenvalue weighted by Gasteiger charge is 2.59. The lowest BCUT2D eigenvalue weighted by molar-refractivity contribution is -0.108. The topological polar surface area (TPSA) is 50.4 Å². The lowest BCUT2D eigenvalue weighted by Crippen LogP contribution is -2.67. The van der Waals surface area contributed by atoms with Crippen LogP contribution in [0, 0.1) is 23.0 Å². The molecule has 0 bridgehead atoms. The van der Waals surface area contributed by atoms with Crippen LogP contribution in [0.1, 0.15) is 25.8 Å². The maximum atomic E-state index is 13.5. The van der Waals surface area contributed by atoms with E-state index in [1.807, 2.05) is 0 Å². The molecule has 0 aromatic heterocycles. The summed E-state index contributed by atoms with van der Waals surface area (Å²) in [5, 5.41) is 5.71. The van der Waals surface area contributed by atoms with Crippen LogP contribution >= 0.6 is 0 Å². The molecule has 1 aliphatic heterocycles. The maximum Gasteiger partial charge on any atom is 0.315 e. The minimum Gasteiger partial charge on any atom is -0.377 e. The summed E-state index contributed by atoms with van der Waals surface area (Å²) in [7, 11) is 0. The van der Waals surface area contributed by atoms with Gasteiger partial charge in [-0.2, -0.15) is 0 Å². The van der Waals surface area contributed by atoms with Crippen molar-refractivity contribution in [2.24, 2.45) is 11.3 Å². The second kappa shape index (κ2) is 6.07. The summed E-state index contributed by atoms with van der Waals surface area (Å²) in [5.74, 6) is -1.34. The molecule has 6 heteroatoms. The first kappa shape index (κ1) is 16.2. The third kappa shape index (κ3) is 2.92. The normalized spacial score (nSPS) is 27.9. The summed E-state index contributed by atoms with van der Waals surface area (Å²) < 4.78 is 32.3. The van der Waals surface area contributed by atoms with Gasteiger partial charge in [0.15, 0.2) is 11.6 Å². The average Bonchev–Trinajstić information content (AvgIpc) is 2.96. The number of ether oxygens (including phenoxy) is 1. The van der Waals surface area contributed by atoms with Crippen molar-refractivity contribution in [3.8, 4) is 0 Å². The van der Waals surface area contributed by atoms with Crippen molar-refractivity contribution in [3.05, 3.63) is 35.4 Å². The maximum absolute atomic E-state index is 13.5. The highest BCUT2D eigenvalue weighted by atomic mass is 19.2. The molecule has 0 radical (unpaired) electrons. The van der Waals surface area contributed by atoms with E-state index < -0.39 is 11.6 Å². The van der Waals surface area contributed by atoms with Crippen molar-refractivity contribution in [1.29, 1.82) is 0 Å². The first-order valence-electron chi connectivity index (χ1n) is 8.00. The van der Waals surface area contributed by atoms with Crippen molar-refractivity contribution >= 4 is 6.03 Å². The summed E-state index contributed by atoms with van der Waals surface area (Å²) in [6, 6.07) is 3.88. The molecule has 1 aliphatic carbocycles. The number of amides is 2. The van der Waals surface area contributed by atoms with E-state index in [-0.39, 0.29) is 42.1 Å². The van der Waals surface area contributed by atoms with Gasteiger partial charge in [0.2, 0.25) is 0 Å². The van der Waals surface area contributed by atoms with Crippen LogP contribution in [0.4, 0.5) is 13.6 Å². The summed E-state index contributed by atoms with van der Waals surface area (Å²) in [6.07, 6.45) is 1.43. The minimum absolute atomic E-state index is 0.0762. The van der Waals surface area contributed by atoms with Crippen molar-refractivity contribution < 1.29 is 18.3 Å². The molecule has 2 N–H and O–H groups in total. The van der Waals surface area contributed by atoms with E-state index >= 15 is 0 Å². The third-order valence-electron chi connectivity index (χ3n) is 5.10. The molecule has 1 heterocycles. The third-order valence-corrected chi connectivity index (χ3v) is 5.10. The van der Waals surface area contributed by atoms with Gasteiger partial charge in [0.1, 0.15) is 0 Å². The number of urea groups is 1. The Morgan fingerprint density at radius 3 is 2.96 bits per heavy atom. The van der Waals surface area contributed by atoms with Crippen LogP contribution in [0.25, 0.3) is 0 Å². The number of halogens is 2. The lowest BCUT2D eigenvalue weighted by atomic mass is 9.57. The van der Waals surface area contributed by atoms with Crippen LogP contribution < -0.4 is 10.6 Å². The highest BCUT2D eigenvalue weighted by molar-refractivity contribution is 5.74. The number of fused-ring (bicyclic) bond motifs is 1. The van der Waals surface area contributed by atoms with Gasteiger partial charge in [-0.1, -0.05) is 26.0 Å². The average molecular weight is 324 g/mol. The summed E-state index contributed by atoms with van der Waals surface area (Å²) in [4.78, 5) is 12.0. The predicted octanol–water partition coefficient (Wildman–Crippen LogP) is 2.62. The Bertz CT molecular complexity index is 606. The molecule has 2 fully saturated rings. The molecule has 1 saturated carbocycles. The summed E-state index contributed by atoms with van der Waals surface area (Å²) >= 11 is 0. The number of carbonyl (C=O) groups excluding carboxylic acids is 1. The molecular formula is C17H22F2N2O2. The largest absolute Gasteiger partial charge is 0.377 e. The van der Waals surface area contributed by atoms with E-state index in [4.69, 9.17) is 4.74 Å². The van der Waals surface area contributed by atoms with Gasteiger partial charge in [0, 0.05) is 30.5 Å². The molecule has 23 heavy (non-hydrogen) atoms. The summed E-state index contributed by atoms with van der Waals surface area (Å²) in [5.41, 5.74) is 0.186. The Labute approximate surface area is 134 Å². The zero-order valence-corrected chi connectivity index (χ0v) is 13.4. The second-order valence-corrected chi connectivity index (χ2v) is 6.91. The minimum atomic E-state index is -0.865. The Kier molecular flexibility index (Phi) is 4.27. The number of hydrogen-bond donors (Lipinski definition) is 2. The molecule has 0 spiro atoms. The van der Waals surface area contributed by atoms with Crippen LogP contribution in [-0.2, 0) is 11.2 Å².